The van der Waals surface area contributed by atoms with Crippen molar-refractivity contribution in [3.8, 4) is 0 Å². The molecule has 1 unspecified atom stereocenters. The van der Waals surface area contributed by atoms with E-state index in [1.54, 1.807) is 18.2 Å². The summed E-state index contributed by atoms with van der Waals surface area (Å²) < 4.78 is 5.33. The lowest BCUT2D eigenvalue weighted by molar-refractivity contribution is -0.385. The number of nitrogens with zero attached hydrogens (tertiary/aromatic N) is 2. The molecule has 90 valence electrons. The first-order valence-corrected chi connectivity index (χ1v) is 5.66. The van der Waals surface area contributed by atoms with Gasteiger partial charge in [0.25, 0.3) is 10.9 Å². The molecule has 1 aliphatic heterocycles. The predicted octanol–water partition coefficient (Wildman–Crippen LogP) is 2.10. The molecule has 0 bridgehead atoms. The number of nitro benzene ring substituents is 1. The molecule has 1 aromatic carbocycles. The van der Waals surface area contributed by atoms with Crippen molar-refractivity contribution in [2.45, 2.75) is 19.6 Å². The number of para-hydroxylation sites is 1. The molecule has 0 amide bonds. The molecule has 1 fully saturated rings. The van der Waals surface area contributed by atoms with Gasteiger partial charge in [-0.25, -0.2) is 0 Å². The van der Waals surface area contributed by atoms with Gasteiger partial charge in [-0.3, -0.25) is 10.1 Å². The number of nitro groups is 1. The molecule has 17 heavy (non-hydrogen) atoms. The first kappa shape index (κ1) is 11.8. The number of rotatable bonds is 3. The zero-order valence-corrected chi connectivity index (χ0v) is 10.1. The smallest absolute Gasteiger partial charge is 0.274 e. The van der Waals surface area contributed by atoms with E-state index in [1.807, 2.05) is 11.8 Å². The topological polar surface area (TPSA) is 55.6 Å². The highest BCUT2D eigenvalue weighted by atomic mass is 32.1. The van der Waals surface area contributed by atoms with Crippen LogP contribution in [0.15, 0.2) is 24.3 Å². The van der Waals surface area contributed by atoms with Crippen LogP contribution in [0.2, 0.25) is 0 Å². The standard InChI is InChI=1S/C11H12N2O3S/c1-8-6-12(11(17)16-8)7-9-4-2-3-5-10(9)13(14)15/h2-5,8H,6-7H2,1H3. The molecule has 6 heteroatoms. The second-order valence-corrected chi connectivity index (χ2v) is 4.31. The van der Waals surface area contributed by atoms with Crippen LogP contribution in [-0.4, -0.2) is 27.6 Å². The van der Waals surface area contributed by atoms with E-state index in [0.717, 1.165) is 0 Å². The van der Waals surface area contributed by atoms with E-state index >= 15 is 0 Å². The third-order valence-electron chi connectivity index (χ3n) is 2.59. The maximum Gasteiger partial charge on any atom is 0.274 e. The van der Waals surface area contributed by atoms with Crippen LogP contribution in [-0.2, 0) is 11.3 Å². The highest BCUT2D eigenvalue weighted by Gasteiger charge is 2.26. The van der Waals surface area contributed by atoms with Gasteiger partial charge < -0.3 is 9.64 Å². The van der Waals surface area contributed by atoms with Crippen molar-refractivity contribution in [2.24, 2.45) is 0 Å². The molecule has 1 atom stereocenters. The fourth-order valence-electron chi connectivity index (χ4n) is 1.83. The van der Waals surface area contributed by atoms with Crippen molar-refractivity contribution >= 4 is 23.1 Å². The van der Waals surface area contributed by atoms with Gasteiger partial charge in [0.15, 0.2) is 0 Å². The largest absolute Gasteiger partial charge is 0.466 e. The highest BCUT2D eigenvalue weighted by Crippen LogP contribution is 2.22. The molecule has 1 aromatic rings. The van der Waals surface area contributed by atoms with Gasteiger partial charge in [0.1, 0.15) is 6.10 Å². The molecule has 1 heterocycles. The van der Waals surface area contributed by atoms with Crippen LogP contribution in [0.1, 0.15) is 12.5 Å². The monoisotopic (exact) mass is 252 g/mol. The van der Waals surface area contributed by atoms with Crippen molar-refractivity contribution in [3.63, 3.8) is 0 Å². The van der Waals surface area contributed by atoms with Crippen LogP contribution >= 0.6 is 12.2 Å². The van der Waals surface area contributed by atoms with Crippen LogP contribution in [0.25, 0.3) is 0 Å². The van der Waals surface area contributed by atoms with E-state index in [-0.39, 0.29) is 16.7 Å². The Kier molecular flexibility index (Phi) is 3.23. The quantitative estimate of drug-likeness (QED) is 0.468. The van der Waals surface area contributed by atoms with Crippen molar-refractivity contribution in [3.05, 3.63) is 39.9 Å². The Morgan fingerprint density at radius 2 is 2.29 bits per heavy atom. The lowest BCUT2D eigenvalue weighted by Gasteiger charge is -2.14. The lowest BCUT2D eigenvalue weighted by atomic mass is 10.1. The molecule has 0 saturated carbocycles. The van der Waals surface area contributed by atoms with Crippen LogP contribution in [0, 0.1) is 10.1 Å². The Morgan fingerprint density at radius 1 is 1.59 bits per heavy atom. The maximum absolute atomic E-state index is 10.9. The molecule has 1 aliphatic rings. The summed E-state index contributed by atoms with van der Waals surface area (Å²) in [7, 11) is 0. The average Bonchev–Trinajstić information content (AvgIpc) is 2.58. The Hall–Kier alpha value is -1.69. The molecular formula is C11H12N2O3S. The van der Waals surface area contributed by atoms with Crippen molar-refractivity contribution in [1.82, 2.24) is 4.90 Å². The zero-order valence-electron chi connectivity index (χ0n) is 9.33. The summed E-state index contributed by atoms with van der Waals surface area (Å²) in [5.74, 6) is 0. The first-order valence-electron chi connectivity index (χ1n) is 5.26. The normalized spacial score (nSPS) is 19.2. The minimum absolute atomic E-state index is 0.0465. The number of benzene rings is 1. The SMILES string of the molecule is CC1CN(Cc2ccccc2[N+](=O)[O-])C(=S)O1. The van der Waals surface area contributed by atoms with Crippen LogP contribution in [0.4, 0.5) is 5.69 Å². The van der Waals surface area contributed by atoms with Crippen LogP contribution in [0.5, 0.6) is 0 Å². The van der Waals surface area contributed by atoms with E-state index in [4.69, 9.17) is 17.0 Å². The average molecular weight is 252 g/mol. The number of thiocarbonyl (C=S) groups is 1. The molecule has 5 nitrogen and oxygen atoms in total. The van der Waals surface area contributed by atoms with Crippen molar-refractivity contribution < 1.29 is 9.66 Å². The predicted molar refractivity (Wildman–Crippen MR) is 66.7 cm³/mol. The second kappa shape index (κ2) is 4.67. The zero-order chi connectivity index (χ0) is 12.4. The third-order valence-corrected chi connectivity index (χ3v) is 2.94. The number of ether oxygens (including phenoxy) is 1. The van der Waals surface area contributed by atoms with Gasteiger partial charge in [0.2, 0.25) is 0 Å². The summed E-state index contributed by atoms with van der Waals surface area (Å²) in [6, 6.07) is 6.68. The van der Waals surface area contributed by atoms with E-state index in [0.29, 0.717) is 23.8 Å². The van der Waals surface area contributed by atoms with Crippen LogP contribution < -0.4 is 0 Å². The van der Waals surface area contributed by atoms with E-state index in [9.17, 15) is 10.1 Å². The fourth-order valence-corrected chi connectivity index (χ4v) is 2.13. The Bertz CT molecular complexity index is 464. The van der Waals surface area contributed by atoms with Crippen molar-refractivity contribution in [2.75, 3.05) is 6.54 Å². The Morgan fingerprint density at radius 3 is 2.88 bits per heavy atom. The van der Waals surface area contributed by atoms with E-state index in [1.165, 1.54) is 6.07 Å². The van der Waals surface area contributed by atoms with E-state index < -0.39 is 0 Å². The minimum Gasteiger partial charge on any atom is -0.466 e. The summed E-state index contributed by atoms with van der Waals surface area (Å²) in [5, 5.41) is 11.3. The lowest BCUT2D eigenvalue weighted by Crippen LogP contribution is -2.24. The van der Waals surface area contributed by atoms with Crippen LogP contribution in [0.3, 0.4) is 0 Å². The molecule has 0 radical (unpaired) electrons. The van der Waals surface area contributed by atoms with Gasteiger partial charge in [-0.1, -0.05) is 18.2 Å². The molecule has 0 spiro atoms. The summed E-state index contributed by atoms with van der Waals surface area (Å²) in [4.78, 5) is 12.3. The summed E-state index contributed by atoms with van der Waals surface area (Å²) >= 11 is 5.06. The fraction of sp³-hybridized carbons (Fsp3) is 0.364. The van der Waals surface area contributed by atoms with Gasteiger partial charge in [0, 0.05) is 11.6 Å². The summed E-state index contributed by atoms with van der Waals surface area (Å²) in [5.41, 5.74) is 0.771. The molecule has 0 aliphatic carbocycles. The van der Waals surface area contributed by atoms with E-state index in [2.05, 4.69) is 0 Å². The third kappa shape index (κ3) is 2.52. The van der Waals surface area contributed by atoms with Gasteiger partial charge in [-0.2, -0.15) is 0 Å². The minimum atomic E-state index is -0.376. The van der Waals surface area contributed by atoms with Gasteiger partial charge in [-0.05, 0) is 19.1 Å². The molecule has 1 saturated heterocycles. The summed E-state index contributed by atoms with van der Waals surface area (Å²) in [6.45, 7) is 3.01. The van der Waals surface area contributed by atoms with Gasteiger partial charge in [-0.15, -0.1) is 0 Å². The second-order valence-electron chi connectivity index (χ2n) is 3.96. The Balaban J connectivity index is 2.19. The molecule has 2 rings (SSSR count). The van der Waals surface area contributed by atoms with Crippen molar-refractivity contribution in [1.29, 1.82) is 0 Å². The number of hydrogen-bond donors (Lipinski definition) is 0. The first-order chi connectivity index (χ1) is 8.08. The van der Waals surface area contributed by atoms with Gasteiger partial charge >= 0.3 is 0 Å². The molecule has 0 N–H and O–H groups in total. The summed E-state index contributed by atoms with van der Waals surface area (Å²) in [6.07, 6.45) is 0.0465. The molecule has 0 aromatic heterocycles. The highest BCUT2D eigenvalue weighted by molar-refractivity contribution is 7.80. The number of hydrogen-bond acceptors (Lipinski definition) is 4. The van der Waals surface area contributed by atoms with Gasteiger partial charge in [0.05, 0.1) is 18.0 Å². The Labute approximate surface area is 104 Å². The maximum atomic E-state index is 10.9. The molecular weight excluding hydrogens is 240 g/mol.